The number of hydrogen-bond donors (Lipinski definition) is 9. The van der Waals surface area contributed by atoms with E-state index < -0.39 is 72.6 Å². The molecule has 0 bridgehead atoms. The Kier molecular flexibility index (Phi) is 14.7. The van der Waals surface area contributed by atoms with Crippen molar-refractivity contribution in [1.82, 2.24) is 16.0 Å². The summed E-state index contributed by atoms with van der Waals surface area (Å²) < 4.78 is 0. The average molecular weight is 568 g/mol. The van der Waals surface area contributed by atoms with Gasteiger partial charge in [-0.1, -0.05) is 12.1 Å². The predicted octanol–water partition coefficient (Wildman–Crippen LogP) is -1.34. The number of phenols is 1. The number of benzene rings is 1. The monoisotopic (exact) mass is 567 g/mol. The first-order chi connectivity index (χ1) is 18.8. The van der Waals surface area contributed by atoms with Crippen LogP contribution in [0, 0.1) is 0 Å². The van der Waals surface area contributed by atoms with Gasteiger partial charge in [0.1, 0.15) is 23.9 Å². The van der Waals surface area contributed by atoms with Crippen molar-refractivity contribution in [2.45, 2.75) is 75.5 Å². The third kappa shape index (κ3) is 13.0. The van der Waals surface area contributed by atoms with Gasteiger partial charge in [0.15, 0.2) is 0 Å². The molecule has 0 unspecified atom stereocenters. The highest BCUT2D eigenvalue weighted by molar-refractivity contribution is 5.94. The topological polar surface area (TPSA) is 271 Å². The summed E-state index contributed by atoms with van der Waals surface area (Å²) >= 11 is 0. The van der Waals surface area contributed by atoms with Crippen molar-refractivity contribution in [2.75, 3.05) is 6.54 Å². The lowest BCUT2D eigenvalue weighted by Gasteiger charge is -2.25. The van der Waals surface area contributed by atoms with Gasteiger partial charge in [0.25, 0.3) is 0 Å². The van der Waals surface area contributed by atoms with Crippen LogP contribution < -0.4 is 27.4 Å². The van der Waals surface area contributed by atoms with Gasteiger partial charge in [-0.05, 0) is 56.3 Å². The molecule has 222 valence electrons. The van der Waals surface area contributed by atoms with Gasteiger partial charge in [-0.25, -0.2) is 4.79 Å². The summed E-state index contributed by atoms with van der Waals surface area (Å²) in [6.07, 6.45) is -0.634. The summed E-state index contributed by atoms with van der Waals surface area (Å²) in [4.78, 5) is 72.4. The number of nitrogens with one attached hydrogen (secondary N) is 3. The van der Waals surface area contributed by atoms with Crippen molar-refractivity contribution in [2.24, 2.45) is 11.5 Å². The third-order valence-corrected chi connectivity index (χ3v) is 5.86. The lowest BCUT2D eigenvalue weighted by Crippen LogP contribution is -2.57. The van der Waals surface area contributed by atoms with Crippen LogP contribution in [0.1, 0.15) is 50.5 Å². The van der Waals surface area contributed by atoms with E-state index in [4.69, 9.17) is 21.7 Å². The second kappa shape index (κ2) is 17.4. The van der Waals surface area contributed by atoms with Gasteiger partial charge in [-0.3, -0.25) is 24.0 Å². The van der Waals surface area contributed by atoms with Crippen molar-refractivity contribution in [3.05, 3.63) is 29.8 Å². The molecule has 0 heterocycles. The number of aromatic hydroxyl groups is 1. The van der Waals surface area contributed by atoms with Crippen molar-refractivity contribution in [1.29, 1.82) is 0 Å². The molecular formula is C25H37N5O10. The predicted molar refractivity (Wildman–Crippen MR) is 140 cm³/mol. The number of carboxylic acids is 3. The molecule has 0 aliphatic rings. The van der Waals surface area contributed by atoms with E-state index in [0.717, 1.165) is 0 Å². The molecule has 0 saturated heterocycles. The second-order valence-electron chi connectivity index (χ2n) is 9.15. The number of unbranched alkanes of at least 4 members (excludes halogenated alkanes) is 1. The molecule has 1 rings (SSSR count). The lowest BCUT2D eigenvalue weighted by molar-refractivity contribution is -0.142. The van der Waals surface area contributed by atoms with E-state index in [0.29, 0.717) is 24.9 Å². The average Bonchev–Trinajstić information content (AvgIpc) is 2.89. The molecule has 1 aromatic carbocycles. The fourth-order valence-electron chi connectivity index (χ4n) is 3.60. The van der Waals surface area contributed by atoms with Crippen LogP contribution in [0.4, 0.5) is 0 Å². The molecule has 0 aliphatic carbocycles. The molecule has 15 heteroatoms. The fourth-order valence-corrected chi connectivity index (χ4v) is 3.60. The molecule has 0 fully saturated rings. The molecule has 0 aromatic heterocycles. The van der Waals surface area contributed by atoms with E-state index in [1.807, 2.05) is 0 Å². The largest absolute Gasteiger partial charge is 0.508 e. The molecule has 0 radical (unpaired) electrons. The summed E-state index contributed by atoms with van der Waals surface area (Å²) in [7, 11) is 0. The number of carbonyl (C=O) groups is 6. The second-order valence-corrected chi connectivity index (χ2v) is 9.15. The fraction of sp³-hybridized carbons (Fsp3) is 0.520. The normalized spacial score (nSPS) is 13.8. The van der Waals surface area contributed by atoms with Crippen molar-refractivity contribution in [3.63, 3.8) is 0 Å². The van der Waals surface area contributed by atoms with Gasteiger partial charge in [0.05, 0.1) is 6.04 Å². The molecule has 3 amide bonds. The highest BCUT2D eigenvalue weighted by Gasteiger charge is 2.31. The molecular weight excluding hydrogens is 530 g/mol. The maximum absolute atomic E-state index is 13.2. The molecule has 11 N–H and O–H groups in total. The van der Waals surface area contributed by atoms with Gasteiger partial charge >= 0.3 is 17.9 Å². The van der Waals surface area contributed by atoms with Crippen LogP contribution in [0.2, 0.25) is 0 Å². The lowest BCUT2D eigenvalue weighted by atomic mass is 10.0. The molecule has 15 nitrogen and oxygen atoms in total. The highest BCUT2D eigenvalue weighted by atomic mass is 16.4. The van der Waals surface area contributed by atoms with Crippen LogP contribution in [0.25, 0.3) is 0 Å². The van der Waals surface area contributed by atoms with Gasteiger partial charge in [-0.15, -0.1) is 0 Å². The third-order valence-electron chi connectivity index (χ3n) is 5.86. The summed E-state index contributed by atoms with van der Waals surface area (Å²) in [5.74, 6) is -6.46. The Balaban J connectivity index is 3.15. The van der Waals surface area contributed by atoms with Crippen LogP contribution >= 0.6 is 0 Å². The van der Waals surface area contributed by atoms with Crippen molar-refractivity contribution < 1.29 is 49.2 Å². The first-order valence-corrected chi connectivity index (χ1v) is 12.6. The Bertz CT molecular complexity index is 1030. The minimum absolute atomic E-state index is 0.0460. The number of rotatable bonds is 19. The Morgan fingerprint density at radius 1 is 0.700 bits per heavy atom. The Hall–Kier alpha value is -4.24. The number of phenolic OH excluding ortho intramolecular Hbond substituents is 1. The zero-order valence-electron chi connectivity index (χ0n) is 21.9. The number of amides is 3. The smallest absolute Gasteiger partial charge is 0.326 e. The zero-order chi connectivity index (χ0) is 30.2. The van der Waals surface area contributed by atoms with E-state index in [1.54, 1.807) is 0 Å². The first kappa shape index (κ1) is 33.8. The van der Waals surface area contributed by atoms with Crippen LogP contribution in [0.5, 0.6) is 5.75 Å². The minimum atomic E-state index is -1.45. The Labute approximate surface area is 230 Å². The summed E-state index contributed by atoms with van der Waals surface area (Å²) in [6, 6.07) is 0.324. The zero-order valence-corrected chi connectivity index (χ0v) is 21.9. The maximum atomic E-state index is 13.2. The summed E-state index contributed by atoms with van der Waals surface area (Å²) in [6.45, 7) is 0.337. The van der Waals surface area contributed by atoms with Crippen molar-refractivity contribution >= 4 is 35.6 Å². The number of carbonyl (C=O) groups excluding carboxylic acids is 3. The van der Waals surface area contributed by atoms with E-state index in [9.17, 15) is 39.0 Å². The molecule has 1 aromatic rings. The van der Waals surface area contributed by atoms with Gasteiger partial charge < -0.3 is 47.8 Å². The van der Waals surface area contributed by atoms with Crippen LogP contribution in [0.15, 0.2) is 24.3 Å². The quantitative estimate of drug-likeness (QED) is 0.0879. The van der Waals surface area contributed by atoms with E-state index in [2.05, 4.69) is 16.0 Å². The van der Waals surface area contributed by atoms with Crippen LogP contribution in [0.3, 0.4) is 0 Å². The number of carboxylic acid groups (broad SMARTS) is 3. The van der Waals surface area contributed by atoms with Crippen molar-refractivity contribution in [3.8, 4) is 5.75 Å². The van der Waals surface area contributed by atoms with Crippen LogP contribution in [-0.2, 0) is 35.2 Å². The molecule has 0 aliphatic heterocycles. The summed E-state index contributed by atoms with van der Waals surface area (Å²) in [5.41, 5.74) is 11.6. The van der Waals surface area contributed by atoms with Gasteiger partial charge in [0.2, 0.25) is 17.7 Å². The molecule has 0 saturated carbocycles. The Morgan fingerprint density at radius 2 is 1.23 bits per heavy atom. The SMILES string of the molecule is NCCCC[C@H](NC(=O)[C@H](Cc1ccc(O)cc1)NC(=O)[C@H](CCC(=O)O)NC(=O)[C@@H](N)CCC(=O)O)C(=O)O. The first-order valence-electron chi connectivity index (χ1n) is 12.6. The van der Waals surface area contributed by atoms with Crippen LogP contribution in [-0.4, -0.2) is 86.8 Å². The molecule has 4 atom stereocenters. The standard InChI is InChI=1S/C25H37N5O10/c26-12-2-1-3-18(25(39)40)29-24(38)19(13-14-4-6-15(31)7-5-14)30-23(37)17(9-11-21(34)35)28-22(36)16(27)8-10-20(32)33/h4-7,16-19,31H,1-3,8-13,26-27H2,(H,28,36)(H,29,38)(H,30,37)(H,32,33)(H,34,35)(H,39,40)/t16-,17-,18-,19-/m0/s1. The number of hydrogen-bond acceptors (Lipinski definition) is 9. The molecule has 0 spiro atoms. The molecule has 40 heavy (non-hydrogen) atoms. The van der Waals surface area contributed by atoms with Gasteiger partial charge in [-0.2, -0.15) is 0 Å². The highest BCUT2D eigenvalue weighted by Crippen LogP contribution is 2.13. The number of nitrogens with two attached hydrogens (primary N) is 2. The van der Waals surface area contributed by atoms with E-state index in [1.165, 1.54) is 24.3 Å². The number of aliphatic carboxylic acids is 3. The Morgan fingerprint density at radius 3 is 1.77 bits per heavy atom. The van der Waals surface area contributed by atoms with E-state index in [-0.39, 0.29) is 31.4 Å². The van der Waals surface area contributed by atoms with E-state index >= 15 is 0 Å². The van der Waals surface area contributed by atoms with Gasteiger partial charge in [0, 0.05) is 19.3 Å². The minimum Gasteiger partial charge on any atom is -0.508 e. The maximum Gasteiger partial charge on any atom is 0.326 e. The summed E-state index contributed by atoms with van der Waals surface area (Å²) in [5, 5.41) is 44.1.